The van der Waals surface area contributed by atoms with Crippen molar-refractivity contribution in [3.8, 4) is 0 Å². The average molecular weight is 865 g/mol. The lowest BCUT2D eigenvalue weighted by atomic mass is 10.2. The molecule has 53 heavy (non-hydrogen) atoms. The summed E-state index contributed by atoms with van der Waals surface area (Å²) >= 11 is 0. The fraction of sp³-hybridized carbons (Fsp3) is 1.00. The van der Waals surface area contributed by atoms with Crippen molar-refractivity contribution < 1.29 is 60.5 Å². The van der Waals surface area contributed by atoms with Gasteiger partial charge in [-0.1, -0.05) is 125 Å². The number of alkyl halides is 6. The molecule has 0 bridgehead atoms. The standard InChI is InChI=1S/C34H74F6O8Si5/c1-27(2,3)51(28(4,5)6,45-49(41-19,42-20)25-23-33(35,36)37)47-53(31(13,14)15,32(16,17)18)48-52(29(7,8)9,30(10,11)12)46-50(43-21,44-22)26-24-34(38,39)40/h23-26H2,1-22H3. The van der Waals surface area contributed by atoms with Gasteiger partial charge in [-0.25, -0.2) is 0 Å². The molecule has 0 amide bonds. The molecule has 0 atom stereocenters. The molecule has 0 spiro atoms. The molecule has 0 heterocycles. The van der Waals surface area contributed by atoms with Crippen LogP contribution in [0.1, 0.15) is 137 Å². The average Bonchev–Trinajstić information content (AvgIpc) is 2.91. The van der Waals surface area contributed by atoms with Gasteiger partial charge in [0, 0.05) is 83.6 Å². The fourth-order valence-electron chi connectivity index (χ4n) is 7.55. The third kappa shape index (κ3) is 12.2. The number of hydrogen-bond acceptors (Lipinski definition) is 8. The van der Waals surface area contributed by atoms with Crippen molar-refractivity contribution in [2.45, 2.75) is 192 Å². The van der Waals surface area contributed by atoms with Crippen LogP contribution in [-0.4, -0.2) is 84.1 Å². The summed E-state index contributed by atoms with van der Waals surface area (Å²) in [6.45, 7) is 35.4. The fourth-order valence-corrected chi connectivity index (χ4v) is 41.8. The number of hydrogen-bond donors (Lipinski definition) is 0. The maximum absolute atomic E-state index is 13.8. The van der Waals surface area contributed by atoms with E-state index in [4.69, 9.17) is 34.2 Å². The van der Waals surface area contributed by atoms with Crippen LogP contribution in [-0.2, 0) is 34.2 Å². The summed E-state index contributed by atoms with van der Waals surface area (Å²) < 4.78 is 136. The molecule has 8 nitrogen and oxygen atoms in total. The summed E-state index contributed by atoms with van der Waals surface area (Å²) in [6, 6.07) is -1.07. The van der Waals surface area contributed by atoms with Crippen molar-refractivity contribution in [3.05, 3.63) is 0 Å². The molecule has 0 aromatic heterocycles. The van der Waals surface area contributed by atoms with E-state index in [9.17, 15) is 26.3 Å². The predicted octanol–water partition coefficient (Wildman–Crippen LogP) is 12.5. The quantitative estimate of drug-likeness (QED) is 0.112. The van der Waals surface area contributed by atoms with Gasteiger partial charge in [-0.2, -0.15) is 26.3 Å². The smallest absolute Gasteiger partial charge is 0.414 e. The van der Waals surface area contributed by atoms with Crippen LogP contribution in [0, 0.1) is 0 Å². The Hall–Kier alpha value is 0.344. The van der Waals surface area contributed by atoms with E-state index < -0.39 is 111 Å². The SMILES string of the molecule is CO[Si](CCC(F)(F)F)(OC)O[Si](O[Si](O[Si](O[Si](CCC(F)(F)F)(OC)OC)(C(C)(C)C)C(C)(C)C)(C(C)(C)C)C(C)(C)C)(C(C)(C)C)C(C)(C)C. The van der Waals surface area contributed by atoms with Crippen LogP contribution >= 0.6 is 0 Å². The summed E-state index contributed by atoms with van der Waals surface area (Å²) in [5.74, 6) is 0. The summed E-state index contributed by atoms with van der Waals surface area (Å²) in [5.41, 5.74) is 0. The summed E-state index contributed by atoms with van der Waals surface area (Å²) in [4.78, 5) is 0. The van der Waals surface area contributed by atoms with Crippen molar-refractivity contribution in [1.82, 2.24) is 0 Å². The van der Waals surface area contributed by atoms with Crippen LogP contribution in [0.2, 0.25) is 42.3 Å². The van der Waals surface area contributed by atoms with Gasteiger partial charge < -0.3 is 34.2 Å². The summed E-state index contributed by atoms with van der Waals surface area (Å²) in [7, 11) is -15.1. The Kier molecular flexibility index (Phi) is 17.0. The lowest BCUT2D eigenvalue weighted by Crippen LogP contribution is -2.77. The topological polar surface area (TPSA) is 73.8 Å². The lowest BCUT2D eigenvalue weighted by Gasteiger charge is -2.64. The zero-order valence-corrected chi connectivity index (χ0v) is 41.9. The Labute approximate surface area is 323 Å². The Morgan fingerprint density at radius 3 is 0.623 bits per heavy atom. The Morgan fingerprint density at radius 2 is 0.491 bits per heavy atom. The molecule has 0 N–H and O–H groups in total. The first-order chi connectivity index (χ1) is 23.0. The maximum Gasteiger partial charge on any atom is 0.491 e. The van der Waals surface area contributed by atoms with Crippen molar-refractivity contribution >= 4 is 43.3 Å². The molecule has 0 rings (SSSR count). The van der Waals surface area contributed by atoms with Gasteiger partial charge in [0.1, 0.15) is 0 Å². The molecule has 0 unspecified atom stereocenters. The predicted molar refractivity (Wildman–Crippen MR) is 210 cm³/mol. The molecule has 0 aromatic rings. The Morgan fingerprint density at radius 1 is 0.321 bits per heavy atom. The van der Waals surface area contributed by atoms with Crippen LogP contribution < -0.4 is 0 Å². The van der Waals surface area contributed by atoms with E-state index in [1.807, 2.05) is 125 Å². The summed E-state index contributed by atoms with van der Waals surface area (Å²) in [5, 5.41) is -4.89. The van der Waals surface area contributed by atoms with Crippen molar-refractivity contribution in [3.63, 3.8) is 0 Å². The molecule has 0 aromatic carbocycles. The third-order valence-corrected chi connectivity index (χ3v) is 35.2. The van der Waals surface area contributed by atoms with Gasteiger partial charge in [0.05, 0.1) is 0 Å². The highest BCUT2D eigenvalue weighted by atomic mass is 28.5. The zero-order valence-electron chi connectivity index (χ0n) is 36.9. The second-order valence-electron chi connectivity index (χ2n) is 20.2. The highest BCUT2D eigenvalue weighted by Crippen LogP contribution is 2.65. The van der Waals surface area contributed by atoms with Gasteiger partial charge in [-0.05, 0) is 0 Å². The van der Waals surface area contributed by atoms with Crippen LogP contribution in [0.15, 0.2) is 0 Å². The van der Waals surface area contributed by atoms with E-state index in [-0.39, 0.29) is 0 Å². The molecular weight excluding hydrogens is 791 g/mol. The highest BCUT2D eigenvalue weighted by molar-refractivity contribution is 6.95. The maximum atomic E-state index is 13.8. The van der Waals surface area contributed by atoms with E-state index in [1.54, 1.807) is 0 Å². The first-order valence-corrected chi connectivity index (χ1v) is 27.4. The second-order valence-corrected chi connectivity index (χ2v) is 41.5. The van der Waals surface area contributed by atoms with Gasteiger partial charge in [0.25, 0.3) is 0 Å². The van der Waals surface area contributed by atoms with Gasteiger partial charge in [0.2, 0.25) is 0 Å². The van der Waals surface area contributed by atoms with Gasteiger partial charge >= 0.3 is 55.6 Å². The first-order valence-electron chi connectivity index (χ1n) is 18.1. The second kappa shape index (κ2) is 16.9. The van der Waals surface area contributed by atoms with E-state index in [0.29, 0.717) is 0 Å². The molecule has 0 saturated carbocycles. The van der Waals surface area contributed by atoms with Gasteiger partial charge in [0.15, 0.2) is 0 Å². The first kappa shape index (κ1) is 53.3. The molecule has 320 valence electrons. The minimum Gasteiger partial charge on any atom is -0.414 e. The number of halogens is 6. The summed E-state index contributed by atoms with van der Waals surface area (Å²) in [6.07, 6.45) is -11.4. The minimum absolute atomic E-state index is 0.533. The normalized spacial score (nSPS) is 16.1. The molecule has 0 saturated heterocycles. The molecule has 0 aliphatic rings. The van der Waals surface area contributed by atoms with E-state index in [2.05, 4.69) is 0 Å². The Balaban J connectivity index is 8.70. The lowest BCUT2D eigenvalue weighted by molar-refractivity contribution is -0.133. The third-order valence-electron chi connectivity index (χ3n) is 9.77. The van der Waals surface area contributed by atoms with E-state index in [1.165, 1.54) is 28.4 Å². The van der Waals surface area contributed by atoms with Crippen molar-refractivity contribution in [2.75, 3.05) is 28.4 Å². The van der Waals surface area contributed by atoms with Crippen molar-refractivity contribution in [2.24, 2.45) is 0 Å². The minimum atomic E-state index is -4.50. The molecule has 0 aliphatic carbocycles. The van der Waals surface area contributed by atoms with Gasteiger partial charge in [-0.15, -0.1) is 0 Å². The monoisotopic (exact) mass is 864 g/mol. The van der Waals surface area contributed by atoms with Crippen LogP contribution in [0.4, 0.5) is 26.3 Å². The largest absolute Gasteiger partial charge is 0.491 e. The van der Waals surface area contributed by atoms with E-state index >= 15 is 0 Å². The van der Waals surface area contributed by atoms with Gasteiger partial charge in [-0.3, -0.25) is 0 Å². The van der Waals surface area contributed by atoms with E-state index in [0.717, 1.165) is 0 Å². The highest BCUT2D eigenvalue weighted by Gasteiger charge is 2.75. The van der Waals surface area contributed by atoms with Crippen LogP contribution in [0.5, 0.6) is 0 Å². The molecule has 19 heteroatoms. The molecular formula is C34H74F6O8Si5. The zero-order chi connectivity index (χ0) is 43.0. The molecule has 0 aliphatic heterocycles. The van der Waals surface area contributed by atoms with Crippen LogP contribution in [0.3, 0.4) is 0 Å². The molecule has 0 radical (unpaired) electrons. The number of rotatable bonds is 16. The van der Waals surface area contributed by atoms with Crippen LogP contribution in [0.25, 0.3) is 0 Å². The molecule has 0 fully saturated rings. The Bertz CT molecular complexity index is 1040. The van der Waals surface area contributed by atoms with Crippen molar-refractivity contribution in [1.29, 1.82) is 0 Å².